The molecule has 0 bridgehead atoms. The molecule has 1 fully saturated rings. The molecule has 0 heterocycles. The maximum Gasteiger partial charge on any atom is 0.0549 e. The third-order valence-corrected chi connectivity index (χ3v) is 1.81. The molecule has 0 spiro atoms. The molecule has 0 amide bonds. The minimum atomic E-state index is 0.502. The predicted octanol–water partition coefficient (Wildman–Crippen LogP) is 2.21. The zero-order valence-corrected chi connectivity index (χ0v) is 6.39. The van der Waals surface area contributed by atoms with E-state index in [9.17, 15) is 0 Å². The molecule has 1 heteroatoms. The molecule has 0 radical (unpaired) electrons. The average Bonchev–Trinajstić information content (AvgIpc) is 2.50. The highest BCUT2D eigenvalue weighted by atomic mass is 16.5. The zero-order chi connectivity index (χ0) is 6.69. The summed E-state index contributed by atoms with van der Waals surface area (Å²) in [5.74, 6) is 1.01. The largest absolute Gasteiger partial charge is 0.379 e. The highest BCUT2D eigenvalue weighted by Crippen LogP contribution is 2.33. The van der Waals surface area contributed by atoms with E-state index < -0.39 is 0 Å². The summed E-state index contributed by atoms with van der Waals surface area (Å²) in [6, 6.07) is 0. The lowest BCUT2D eigenvalue weighted by Crippen LogP contribution is -2.07. The maximum absolute atomic E-state index is 5.39. The number of hydrogen-bond donors (Lipinski definition) is 0. The summed E-state index contributed by atoms with van der Waals surface area (Å²) in [5, 5.41) is 0. The number of hydrogen-bond acceptors (Lipinski definition) is 1. The zero-order valence-electron chi connectivity index (χ0n) is 6.39. The molecule has 1 aliphatic rings. The summed E-state index contributed by atoms with van der Waals surface area (Å²) in [6.45, 7) is 5.10. The van der Waals surface area contributed by atoms with Gasteiger partial charge in [0.05, 0.1) is 6.10 Å². The van der Waals surface area contributed by atoms with Crippen LogP contribution in [0.4, 0.5) is 0 Å². The second kappa shape index (κ2) is 3.21. The summed E-state index contributed by atoms with van der Waals surface area (Å²) >= 11 is 0. The first-order chi connectivity index (χ1) is 4.33. The number of ether oxygens (including phenoxy) is 1. The van der Waals surface area contributed by atoms with Crippen LogP contribution in [0.1, 0.15) is 33.1 Å². The van der Waals surface area contributed by atoms with Gasteiger partial charge < -0.3 is 4.74 Å². The van der Waals surface area contributed by atoms with Gasteiger partial charge in [-0.05, 0) is 26.2 Å². The molecule has 0 aromatic rings. The second-order valence-electron chi connectivity index (χ2n) is 2.95. The Morgan fingerprint density at radius 3 is 2.67 bits per heavy atom. The van der Waals surface area contributed by atoms with Crippen molar-refractivity contribution in [3.8, 4) is 0 Å². The van der Waals surface area contributed by atoms with Crippen LogP contribution in [0.3, 0.4) is 0 Å². The highest BCUT2D eigenvalue weighted by Gasteiger charge is 2.23. The fraction of sp³-hybridized carbons (Fsp3) is 1.00. The van der Waals surface area contributed by atoms with Crippen molar-refractivity contribution in [3.63, 3.8) is 0 Å². The fourth-order valence-electron chi connectivity index (χ4n) is 1.18. The van der Waals surface area contributed by atoms with Gasteiger partial charge in [-0.1, -0.05) is 12.8 Å². The first-order valence-corrected chi connectivity index (χ1v) is 3.94. The smallest absolute Gasteiger partial charge is 0.0549 e. The first kappa shape index (κ1) is 7.07. The van der Waals surface area contributed by atoms with Crippen molar-refractivity contribution >= 4 is 0 Å². The molecule has 1 aliphatic carbocycles. The van der Waals surface area contributed by atoms with Crippen LogP contribution in [-0.2, 0) is 4.74 Å². The summed E-state index contributed by atoms with van der Waals surface area (Å²) in [4.78, 5) is 0. The molecule has 0 aromatic carbocycles. The molecule has 0 saturated heterocycles. The third-order valence-electron chi connectivity index (χ3n) is 1.81. The Bertz CT molecular complexity index is 76.6. The van der Waals surface area contributed by atoms with E-state index in [1.165, 1.54) is 19.3 Å². The first-order valence-electron chi connectivity index (χ1n) is 3.94. The monoisotopic (exact) mass is 128 g/mol. The Morgan fingerprint density at radius 1 is 1.56 bits per heavy atom. The van der Waals surface area contributed by atoms with E-state index in [1.54, 1.807) is 0 Å². The van der Waals surface area contributed by atoms with E-state index >= 15 is 0 Å². The van der Waals surface area contributed by atoms with Gasteiger partial charge >= 0.3 is 0 Å². The molecule has 1 unspecified atom stereocenters. The SMILES string of the molecule is CCOC(C)CC1CC1. The predicted molar refractivity (Wildman–Crippen MR) is 38.4 cm³/mol. The Labute approximate surface area is 57.4 Å². The van der Waals surface area contributed by atoms with Crippen LogP contribution >= 0.6 is 0 Å². The molecule has 0 aromatic heterocycles. The van der Waals surface area contributed by atoms with Gasteiger partial charge in [0.15, 0.2) is 0 Å². The van der Waals surface area contributed by atoms with Crippen LogP contribution in [-0.4, -0.2) is 12.7 Å². The highest BCUT2D eigenvalue weighted by molar-refractivity contribution is 4.75. The van der Waals surface area contributed by atoms with E-state index in [0.717, 1.165) is 12.5 Å². The van der Waals surface area contributed by atoms with E-state index in [4.69, 9.17) is 4.74 Å². The average molecular weight is 128 g/mol. The molecule has 0 N–H and O–H groups in total. The number of rotatable bonds is 4. The van der Waals surface area contributed by atoms with Crippen molar-refractivity contribution in [2.24, 2.45) is 5.92 Å². The lowest BCUT2D eigenvalue weighted by atomic mass is 10.2. The van der Waals surface area contributed by atoms with Crippen molar-refractivity contribution in [3.05, 3.63) is 0 Å². The molecular formula is C8H16O. The quantitative estimate of drug-likeness (QED) is 0.564. The summed E-state index contributed by atoms with van der Waals surface area (Å²) < 4.78 is 5.39. The van der Waals surface area contributed by atoms with Crippen molar-refractivity contribution in [1.82, 2.24) is 0 Å². The molecule has 0 aliphatic heterocycles. The van der Waals surface area contributed by atoms with E-state index in [2.05, 4.69) is 13.8 Å². The Balaban J connectivity index is 1.95. The van der Waals surface area contributed by atoms with Crippen LogP contribution in [0, 0.1) is 5.92 Å². The van der Waals surface area contributed by atoms with Crippen LogP contribution in [0.25, 0.3) is 0 Å². The fourth-order valence-corrected chi connectivity index (χ4v) is 1.18. The summed E-state index contributed by atoms with van der Waals surface area (Å²) in [7, 11) is 0. The standard InChI is InChI=1S/C8H16O/c1-3-9-7(2)6-8-4-5-8/h7-8H,3-6H2,1-2H3. The molecule has 9 heavy (non-hydrogen) atoms. The van der Waals surface area contributed by atoms with Gasteiger partial charge in [0, 0.05) is 6.61 Å². The van der Waals surface area contributed by atoms with Crippen LogP contribution < -0.4 is 0 Å². The van der Waals surface area contributed by atoms with Crippen molar-refractivity contribution in [1.29, 1.82) is 0 Å². The summed E-state index contributed by atoms with van der Waals surface area (Å²) in [5.41, 5.74) is 0. The van der Waals surface area contributed by atoms with Crippen molar-refractivity contribution < 1.29 is 4.74 Å². The lowest BCUT2D eigenvalue weighted by Gasteiger charge is -2.09. The minimum absolute atomic E-state index is 0.502. The van der Waals surface area contributed by atoms with Crippen LogP contribution in [0.2, 0.25) is 0 Å². The van der Waals surface area contributed by atoms with Gasteiger partial charge in [0.1, 0.15) is 0 Å². The van der Waals surface area contributed by atoms with Crippen LogP contribution in [0.15, 0.2) is 0 Å². The maximum atomic E-state index is 5.39. The Kier molecular flexibility index (Phi) is 2.52. The molecule has 1 nitrogen and oxygen atoms in total. The van der Waals surface area contributed by atoms with Crippen molar-refractivity contribution in [2.45, 2.75) is 39.2 Å². The van der Waals surface area contributed by atoms with Crippen molar-refractivity contribution in [2.75, 3.05) is 6.61 Å². The normalized spacial score (nSPS) is 22.0. The van der Waals surface area contributed by atoms with Gasteiger partial charge in [0.2, 0.25) is 0 Å². The van der Waals surface area contributed by atoms with Gasteiger partial charge in [-0.15, -0.1) is 0 Å². The van der Waals surface area contributed by atoms with Crippen LogP contribution in [0.5, 0.6) is 0 Å². The van der Waals surface area contributed by atoms with Gasteiger partial charge in [-0.2, -0.15) is 0 Å². The van der Waals surface area contributed by atoms with E-state index in [1.807, 2.05) is 0 Å². The molecule has 1 rings (SSSR count). The van der Waals surface area contributed by atoms with Gasteiger partial charge in [-0.25, -0.2) is 0 Å². The molecule has 54 valence electrons. The summed E-state index contributed by atoms with van der Waals surface area (Å²) in [6.07, 6.45) is 4.67. The lowest BCUT2D eigenvalue weighted by molar-refractivity contribution is 0.0663. The second-order valence-corrected chi connectivity index (χ2v) is 2.95. The third kappa shape index (κ3) is 2.85. The van der Waals surface area contributed by atoms with E-state index in [0.29, 0.717) is 6.10 Å². The molecule has 1 atom stereocenters. The van der Waals surface area contributed by atoms with Gasteiger partial charge in [-0.3, -0.25) is 0 Å². The van der Waals surface area contributed by atoms with Gasteiger partial charge in [0.25, 0.3) is 0 Å². The minimum Gasteiger partial charge on any atom is -0.379 e. The topological polar surface area (TPSA) is 9.23 Å². The Morgan fingerprint density at radius 2 is 2.22 bits per heavy atom. The van der Waals surface area contributed by atoms with E-state index in [-0.39, 0.29) is 0 Å². The Hall–Kier alpha value is -0.0400. The molecule has 1 saturated carbocycles. The molecular weight excluding hydrogens is 112 g/mol.